The highest BCUT2D eigenvalue weighted by atomic mass is 28.3. The fourth-order valence-electron chi connectivity index (χ4n) is 7.16. The second-order valence-electron chi connectivity index (χ2n) is 18.2. The zero-order valence-electron chi connectivity index (χ0n) is 32.4. The van der Waals surface area contributed by atoms with Crippen molar-refractivity contribution in [2.45, 2.75) is 155 Å². The van der Waals surface area contributed by atoms with Gasteiger partial charge in [0.05, 0.1) is 33.6 Å². The lowest BCUT2D eigenvalue weighted by atomic mass is 9.58. The summed E-state index contributed by atoms with van der Waals surface area (Å²) < 4.78 is 41.2. The van der Waals surface area contributed by atoms with Gasteiger partial charge in [0.25, 0.3) is 0 Å². The molecule has 3 heterocycles. The predicted octanol–water partition coefficient (Wildman–Crippen LogP) is 7.70. The summed E-state index contributed by atoms with van der Waals surface area (Å²) in [7, 11) is -4.44. The van der Waals surface area contributed by atoms with E-state index in [1.165, 1.54) is 10.4 Å². The SMILES string of the molecule is CC1(C)OB(C/C(B2OC(C)(C)C(C)(C)O2)=C(\C[Si](c2ccccc2)(c2ccccc2)C(C)(C)C)B2OC(C)(C)C(C)(C)O2)OC1(C)C. The fourth-order valence-corrected chi connectivity index (χ4v) is 12.7. The van der Waals surface area contributed by atoms with Crippen LogP contribution < -0.4 is 10.4 Å². The summed E-state index contributed by atoms with van der Waals surface area (Å²) >= 11 is 0. The summed E-state index contributed by atoms with van der Waals surface area (Å²) in [5, 5.41) is 2.62. The van der Waals surface area contributed by atoms with E-state index in [2.05, 4.69) is 165 Å². The summed E-state index contributed by atoms with van der Waals surface area (Å²) in [4.78, 5) is 0. The molecule has 0 saturated carbocycles. The smallest absolute Gasteiger partial charge is 0.403 e. The molecule has 0 radical (unpaired) electrons. The molecule has 0 aliphatic carbocycles. The van der Waals surface area contributed by atoms with E-state index in [0.717, 1.165) is 17.0 Å². The third-order valence-corrected chi connectivity index (χ3v) is 18.6. The number of benzene rings is 2. The Labute approximate surface area is 293 Å². The molecule has 3 aliphatic heterocycles. The first kappa shape index (κ1) is 37.6. The summed E-state index contributed by atoms with van der Waals surface area (Å²) in [6, 6.07) is 22.9. The minimum atomic E-state index is -2.68. The van der Waals surface area contributed by atoms with Gasteiger partial charge in [-0.25, -0.2) is 0 Å². The maximum Gasteiger partial charge on any atom is 0.489 e. The molecule has 48 heavy (non-hydrogen) atoms. The molecule has 0 aromatic heterocycles. The Balaban J connectivity index is 1.81. The quantitative estimate of drug-likeness (QED) is 0.268. The van der Waals surface area contributed by atoms with Gasteiger partial charge in [-0.15, -0.1) is 0 Å². The van der Waals surface area contributed by atoms with Gasteiger partial charge >= 0.3 is 21.4 Å². The van der Waals surface area contributed by atoms with Crippen LogP contribution in [0, 0.1) is 0 Å². The van der Waals surface area contributed by atoms with E-state index in [0.29, 0.717) is 6.32 Å². The average Bonchev–Trinajstić information content (AvgIpc) is 3.41. The van der Waals surface area contributed by atoms with Crippen LogP contribution >= 0.6 is 0 Å². The maximum absolute atomic E-state index is 7.00. The molecule has 260 valence electrons. The molecule has 0 N–H and O–H groups in total. The lowest BCUT2D eigenvalue weighted by Crippen LogP contribution is -2.65. The summed E-state index contributed by atoms with van der Waals surface area (Å²) in [6.45, 7) is 32.5. The first-order chi connectivity index (χ1) is 21.9. The van der Waals surface area contributed by atoms with Crippen LogP contribution in [0.1, 0.15) is 104 Å². The molecule has 2 aromatic carbocycles. The van der Waals surface area contributed by atoms with Gasteiger partial charge in [-0.3, -0.25) is 0 Å². The highest BCUT2D eigenvalue weighted by molar-refractivity contribution is 7.05. The minimum absolute atomic E-state index is 0.101. The molecule has 10 heteroatoms. The Bertz CT molecular complexity index is 1410. The Morgan fingerprint density at radius 3 is 1.15 bits per heavy atom. The van der Waals surface area contributed by atoms with Crippen molar-refractivity contribution in [3.05, 3.63) is 71.6 Å². The lowest BCUT2D eigenvalue weighted by Gasteiger charge is -2.45. The largest absolute Gasteiger partial charge is 0.489 e. The molecule has 0 spiro atoms. The second kappa shape index (κ2) is 12.2. The van der Waals surface area contributed by atoms with Crippen LogP contribution in [0.5, 0.6) is 0 Å². The van der Waals surface area contributed by atoms with Crippen LogP contribution in [-0.2, 0) is 27.9 Å². The molecule has 6 nitrogen and oxygen atoms in total. The highest BCUT2D eigenvalue weighted by Gasteiger charge is 2.60. The third-order valence-electron chi connectivity index (χ3n) is 12.4. The number of hydrogen-bond donors (Lipinski definition) is 0. The normalized spacial score (nSPS) is 24.6. The van der Waals surface area contributed by atoms with Crippen molar-refractivity contribution in [3.8, 4) is 0 Å². The van der Waals surface area contributed by atoms with Crippen molar-refractivity contribution < 1.29 is 27.9 Å². The molecule has 3 saturated heterocycles. The molecule has 0 bridgehead atoms. The first-order valence-electron chi connectivity index (χ1n) is 17.8. The van der Waals surface area contributed by atoms with Crippen molar-refractivity contribution in [1.82, 2.24) is 0 Å². The molecule has 3 fully saturated rings. The maximum atomic E-state index is 7.00. The van der Waals surface area contributed by atoms with E-state index < -0.39 is 63.0 Å². The summed E-state index contributed by atoms with van der Waals surface area (Å²) in [5.74, 6) is 0. The number of rotatable bonds is 8. The van der Waals surface area contributed by atoms with Gasteiger partial charge in [-0.05, 0) is 105 Å². The van der Waals surface area contributed by atoms with Crippen molar-refractivity contribution in [1.29, 1.82) is 0 Å². The van der Waals surface area contributed by atoms with Gasteiger partial charge in [0.15, 0.2) is 0 Å². The molecule has 3 aliphatic rings. The summed E-state index contributed by atoms with van der Waals surface area (Å²) in [5.41, 5.74) is -1.09. The van der Waals surface area contributed by atoms with Crippen molar-refractivity contribution >= 4 is 39.8 Å². The first-order valence-corrected chi connectivity index (χ1v) is 20.0. The van der Waals surface area contributed by atoms with Gasteiger partial charge < -0.3 is 27.9 Å². The van der Waals surface area contributed by atoms with Crippen LogP contribution in [0.15, 0.2) is 71.6 Å². The third kappa shape index (κ3) is 6.49. The van der Waals surface area contributed by atoms with Gasteiger partial charge in [-0.1, -0.05) is 91.8 Å². The zero-order chi connectivity index (χ0) is 35.8. The van der Waals surface area contributed by atoms with Gasteiger partial charge in [0, 0.05) is 6.32 Å². The van der Waals surface area contributed by atoms with Crippen LogP contribution in [0.25, 0.3) is 0 Å². The van der Waals surface area contributed by atoms with Crippen LogP contribution in [0.3, 0.4) is 0 Å². The zero-order valence-corrected chi connectivity index (χ0v) is 33.4. The van der Waals surface area contributed by atoms with E-state index >= 15 is 0 Å². The van der Waals surface area contributed by atoms with Crippen molar-refractivity contribution in [2.75, 3.05) is 0 Å². The van der Waals surface area contributed by atoms with Crippen LogP contribution in [-0.4, -0.2) is 63.0 Å². The minimum Gasteiger partial charge on any atom is -0.403 e. The Kier molecular flexibility index (Phi) is 9.59. The van der Waals surface area contributed by atoms with Crippen LogP contribution in [0.4, 0.5) is 0 Å². The van der Waals surface area contributed by atoms with Gasteiger partial charge in [0.2, 0.25) is 0 Å². The van der Waals surface area contributed by atoms with E-state index in [-0.39, 0.29) is 5.04 Å². The molecule has 0 unspecified atom stereocenters. The molecule has 0 amide bonds. The van der Waals surface area contributed by atoms with Gasteiger partial charge in [-0.2, -0.15) is 0 Å². The predicted molar refractivity (Wildman–Crippen MR) is 203 cm³/mol. The topological polar surface area (TPSA) is 55.4 Å². The fraction of sp³-hybridized carbons (Fsp3) is 0.632. The second-order valence-corrected chi connectivity index (χ2v) is 23.0. The lowest BCUT2D eigenvalue weighted by molar-refractivity contribution is 0.00578. The monoisotopic (exact) mass is 672 g/mol. The number of hydrogen-bond acceptors (Lipinski definition) is 6. The molecule has 0 atom stereocenters. The number of allylic oxidation sites excluding steroid dienone is 2. The van der Waals surface area contributed by atoms with Crippen LogP contribution in [0.2, 0.25) is 17.4 Å². The molecule has 2 aromatic rings. The van der Waals surface area contributed by atoms with E-state index in [9.17, 15) is 0 Å². The van der Waals surface area contributed by atoms with Crippen molar-refractivity contribution in [3.63, 3.8) is 0 Å². The van der Waals surface area contributed by atoms with E-state index in [4.69, 9.17) is 27.9 Å². The Morgan fingerprint density at radius 1 is 0.500 bits per heavy atom. The van der Waals surface area contributed by atoms with Crippen molar-refractivity contribution in [2.24, 2.45) is 0 Å². The molecular formula is C38H59B3O6Si. The van der Waals surface area contributed by atoms with E-state index in [1.807, 2.05) is 0 Å². The Hall–Kier alpha value is -1.65. The molecular weight excluding hydrogens is 613 g/mol. The Morgan fingerprint density at radius 2 is 0.812 bits per heavy atom. The highest BCUT2D eigenvalue weighted by Crippen LogP contribution is 2.49. The standard InChI is InChI=1S/C38H59B3O6Si/c1-32(2,3)48(28-22-18-16-19-23-28,29-24-20-17-21-25-29)27-31(41-46-37(12,13)38(14,15)47-41)30(40-44-35(8,9)36(10,11)45-40)26-39-42-33(4,5)34(6,7)43-39/h16-25H,26-27H2,1-15H3/b31-30-. The summed E-state index contributed by atoms with van der Waals surface area (Å²) in [6.07, 6.45) is 0.460. The average molecular weight is 672 g/mol. The van der Waals surface area contributed by atoms with E-state index in [1.54, 1.807) is 0 Å². The molecule has 5 rings (SSSR count). The van der Waals surface area contributed by atoms with Gasteiger partial charge in [0.1, 0.15) is 8.07 Å².